The highest BCUT2D eigenvalue weighted by Crippen LogP contribution is 2.23. The minimum atomic E-state index is -0.123. The summed E-state index contributed by atoms with van der Waals surface area (Å²) in [5.41, 5.74) is 3.49. The zero-order valence-corrected chi connectivity index (χ0v) is 15.2. The van der Waals surface area contributed by atoms with E-state index in [0.29, 0.717) is 0 Å². The van der Waals surface area contributed by atoms with Gasteiger partial charge >= 0.3 is 0 Å². The van der Waals surface area contributed by atoms with E-state index >= 15 is 0 Å². The summed E-state index contributed by atoms with van der Waals surface area (Å²) in [5.74, 6) is 1.03. The molecule has 0 aliphatic carbocycles. The first-order valence-corrected chi connectivity index (χ1v) is 8.89. The molecule has 0 unspecified atom stereocenters. The van der Waals surface area contributed by atoms with Crippen molar-refractivity contribution in [1.29, 1.82) is 0 Å². The van der Waals surface area contributed by atoms with Gasteiger partial charge in [0.15, 0.2) is 0 Å². The van der Waals surface area contributed by atoms with Crippen LogP contribution in [0.5, 0.6) is 5.75 Å². The molecule has 1 aliphatic heterocycles. The lowest BCUT2D eigenvalue weighted by atomic mass is 10.1. The Morgan fingerprint density at radius 1 is 1.00 bits per heavy atom. The van der Waals surface area contributed by atoms with Gasteiger partial charge in [0.25, 0.3) is 0 Å². The van der Waals surface area contributed by atoms with Crippen LogP contribution in [0.1, 0.15) is 25.0 Å². The van der Waals surface area contributed by atoms with Gasteiger partial charge in [-0.1, -0.05) is 31.2 Å². The number of ether oxygens (including phenoxy) is 1. The Hall–Kier alpha value is -2.33. The minimum absolute atomic E-state index is 0.123. The highest BCUT2D eigenvalue weighted by Gasteiger charge is 2.32. The number of aryl methyl sites for hydroxylation is 1. The molecular weight excluding hydrogens is 312 g/mol. The zero-order valence-electron chi connectivity index (χ0n) is 15.2. The van der Waals surface area contributed by atoms with E-state index in [9.17, 15) is 4.79 Å². The summed E-state index contributed by atoms with van der Waals surface area (Å²) in [5, 5.41) is 0. The first kappa shape index (κ1) is 17.5. The molecule has 0 aromatic heterocycles. The normalized spacial score (nSPS) is 18.4. The van der Waals surface area contributed by atoms with E-state index < -0.39 is 0 Å². The molecule has 1 atom stereocenters. The van der Waals surface area contributed by atoms with E-state index in [1.54, 1.807) is 7.11 Å². The van der Waals surface area contributed by atoms with Gasteiger partial charge in [-0.2, -0.15) is 0 Å². The molecule has 1 fully saturated rings. The molecule has 0 spiro atoms. The third-order valence-corrected chi connectivity index (χ3v) is 4.98. The fourth-order valence-corrected chi connectivity index (χ4v) is 3.26. The van der Waals surface area contributed by atoms with Gasteiger partial charge in [0.1, 0.15) is 5.75 Å². The number of piperazine rings is 1. The molecule has 2 aromatic rings. The van der Waals surface area contributed by atoms with Gasteiger partial charge in [0.2, 0.25) is 5.91 Å². The standard InChI is InChI=1S/C21H26N2O2/c1-4-17-5-9-19(10-6-17)23-14-13-22(16(2)21(23)24)15-18-7-11-20(25-3)12-8-18/h5-12,16H,4,13-15H2,1-3H3/t16-/m1/s1. The van der Waals surface area contributed by atoms with Crippen molar-refractivity contribution in [2.75, 3.05) is 25.1 Å². The zero-order chi connectivity index (χ0) is 17.8. The molecule has 0 N–H and O–H groups in total. The molecule has 132 valence electrons. The summed E-state index contributed by atoms with van der Waals surface area (Å²) in [6.07, 6.45) is 1.01. The number of carbonyl (C=O) groups excluding carboxylic acids is 1. The van der Waals surface area contributed by atoms with E-state index in [4.69, 9.17) is 4.74 Å². The van der Waals surface area contributed by atoms with Crippen molar-refractivity contribution < 1.29 is 9.53 Å². The van der Waals surface area contributed by atoms with Crippen molar-refractivity contribution in [3.05, 3.63) is 59.7 Å². The summed E-state index contributed by atoms with van der Waals surface area (Å²) < 4.78 is 5.20. The molecule has 1 heterocycles. The van der Waals surface area contributed by atoms with E-state index in [0.717, 1.165) is 37.5 Å². The quantitative estimate of drug-likeness (QED) is 0.836. The van der Waals surface area contributed by atoms with Crippen LogP contribution in [-0.4, -0.2) is 37.0 Å². The summed E-state index contributed by atoms with van der Waals surface area (Å²) in [7, 11) is 1.67. The third-order valence-electron chi connectivity index (χ3n) is 4.98. The minimum Gasteiger partial charge on any atom is -0.497 e. The van der Waals surface area contributed by atoms with Crippen LogP contribution < -0.4 is 9.64 Å². The van der Waals surface area contributed by atoms with Gasteiger partial charge in [-0.05, 0) is 48.7 Å². The number of carbonyl (C=O) groups is 1. The van der Waals surface area contributed by atoms with Crippen LogP contribution in [0.2, 0.25) is 0 Å². The third kappa shape index (κ3) is 3.85. The van der Waals surface area contributed by atoms with Crippen LogP contribution in [0, 0.1) is 0 Å². The number of benzene rings is 2. The molecule has 1 aliphatic rings. The van der Waals surface area contributed by atoms with Gasteiger partial charge in [-0.25, -0.2) is 0 Å². The maximum Gasteiger partial charge on any atom is 0.244 e. The predicted octanol–water partition coefficient (Wildman–Crippen LogP) is 3.49. The Morgan fingerprint density at radius 3 is 2.24 bits per heavy atom. The van der Waals surface area contributed by atoms with Gasteiger partial charge < -0.3 is 9.64 Å². The molecule has 3 rings (SSSR count). The Labute approximate surface area is 150 Å². The van der Waals surface area contributed by atoms with Crippen LogP contribution in [0.3, 0.4) is 0 Å². The highest BCUT2D eigenvalue weighted by molar-refractivity contribution is 5.97. The van der Waals surface area contributed by atoms with Crippen molar-refractivity contribution in [3.8, 4) is 5.75 Å². The molecule has 1 amide bonds. The molecule has 25 heavy (non-hydrogen) atoms. The number of rotatable bonds is 5. The first-order chi connectivity index (χ1) is 12.1. The van der Waals surface area contributed by atoms with Gasteiger partial charge in [-0.15, -0.1) is 0 Å². The highest BCUT2D eigenvalue weighted by atomic mass is 16.5. The van der Waals surface area contributed by atoms with Crippen molar-refractivity contribution >= 4 is 11.6 Å². The number of anilines is 1. The molecule has 4 heteroatoms. The summed E-state index contributed by atoms with van der Waals surface area (Å²) in [6.45, 7) is 6.51. The van der Waals surface area contributed by atoms with Crippen LogP contribution in [-0.2, 0) is 17.8 Å². The monoisotopic (exact) mass is 338 g/mol. The van der Waals surface area contributed by atoms with Gasteiger partial charge in [-0.3, -0.25) is 9.69 Å². The van der Waals surface area contributed by atoms with Gasteiger partial charge in [0.05, 0.1) is 13.2 Å². The average molecular weight is 338 g/mol. The average Bonchev–Trinajstić information content (AvgIpc) is 2.66. The fraction of sp³-hybridized carbons (Fsp3) is 0.381. The van der Waals surface area contributed by atoms with Crippen molar-refractivity contribution in [1.82, 2.24) is 4.90 Å². The largest absolute Gasteiger partial charge is 0.497 e. The number of nitrogens with zero attached hydrogens (tertiary/aromatic N) is 2. The summed E-state index contributed by atoms with van der Waals surface area (Å²) in [4.78, 5) is 17.0. The Morgan fingerprint density at radius 2 is 1.64 bits per heavy atom. The molecule has 0 saturated carbocycles. The number of methoxy groups -OCH3 is 1. The number of hydrogen-bond acceptors (Lipinski definition) is 3. The lowest BCUT2D eigenvalue weighted by molar-refractivity contribution is -0.125. The van der Waals surface area contributed by atoms with Crippen LogP contribution in [0.25, 0.3) is 0 Å². The van der Waals surface area contributed by atoms with Crippen LogP contribution in [0.15, 0.2) is 48.5 Å². The second kappa shape index (κ2) is 7.70. The lowest BCUT2D eigenvalue weighted by Gasteiger charge is -2.39. The van der Waals surface area contributed by atoms with Crippen molar-refractivity contribution in [2.45, 2.75) is 32.9 Å². The van der Waals surface area contributed by atoms with E-state index in [-0.39, 0.29) is 11.9 Å². The maximum atomic E-state index is 12.8. The van der Waals surface area contributed by atoms with E-state index in [1.807, 2.05) is 24.0 Å². The number of hydrogen-bond donors (Lipinski definition) is 0. The molecule has 4 nitrogen and oxygen atoms in total. The predicted molar refractivity (Wildman–Crippen MR) is 101 cm³/mol. The van der Waals surface area contributed by atoms with E-state index in [2.05, 4.69) is 48.2 Å². The van der Waals surface area contributed by atoms with E-state index in [1.165, 1.54) is 11.1 Å². The second-order valence-electron chi connectivity index (χ2n) is 6.50. The topological polar surface area (TPSA) is 32.8 Å². The van der Waals surface area contributed by atoms with Crippen LogP contribution in [0.4, 0.5) is 5.69 Å². The smallest absolute Gasteiger partial charge is 0.244 e. The molecule has 1 saturated heterocycles. The first-order valence-electron chi connectivity index (χ1n) is 8.89. The SMILES string of the molecule is CCc1ccc(N2CCN(Cc3ccc(OC)cc3)[C@H](C)C2=O)cc1. The maximum absolute atomic E-state index is 12.8. The Kier molecular flexibility index (Phi) is 5.39. The van der Waals surface area contributed by atoms with Gasteiger partial charge in [0, 0.05) is 25.3 Å². The molecule has 2 aromatic carbocycles. The van der Waals surface area contributed by atoms with Crippen LogP contribution >= 0.6 is 0 Å². The molecule has 0 radical (unpaired) electrons. The fourth-order valence-electron chi connectivity index (χ4n) is 3.26. The lowest BCUT2D eigenvalue weighted by Crippen LogP contribution is -2.55. The Bertz CT molecular complexity index is 710. The summed E-state index contributed by atoms with van der Waals surface area (Å²) >= 11 is 0. The summed E-state index contributed by atoms with van der Waals surface area (Å²) in [6, 6.07) is 16.3. The van der Waals surface area contributed by atoms with Crippen molar-refractivity contribution in [2.24, 2.45) is 0 Å². The molecule has 0 bridgehead atoms. The second-order valence-corrected chi connectivity index (χ2v) is 6.50. The van der Waals surface area contributed by atoms with Crippen molar-refractivity contribution in [3.63, 3.8) is 0 Å². The Balaban J connectivity index is 1.67. The number of amides is 1. The molecular formula is C21H26N2O2.